The lowest BCUT2D eigenvalue weighted by atomic mass is 9.77. The Balaban J connectivity index is 0.923. The number of carboxylic acids is 1. The van der Waals surface area contributed by atoms with Crippen molar-refractivity contribution in [2.45, 2.75) is 203 Å². The molecule has 14 N–H and O–H groups in total. The van der Waals surface area contributed by atoms with Gasteiger partial charge >= 0.3 is 5.97 Å². The Kier molecular flexibility index (Phi) is 29.9. The highest BCUT2D eigenvalue weighted by molar-refractivity contribution is 7.90. The number of aliphatic carboxylic acids is 1. The molecule has 0 aromatic heterocycles. The number of benzene rings is 7. The third-order valence-electron chi connectivity index (χ3n) is 20.4. The lowest BCUT2D eigenvalue weighted by molar-refractivity contribution is -0.142. The molecule has 8 atom stereocenters. The number of nitrogens with zero attached hydrogens (tertiary/aromatic N) is 1. The molecule has 0 spiro atoms. The number of ether oxygens (including phenoxy) is 2. The monoisotopic (exact) mass is 1610 g/mol. The molecule has 7 aromatic rings. The Morgan fingerprint density at radius 3 is 1.63 bits per heavy atom. The first-order chi connectivity index (χ1) is 55.0. The van der Waals surface area contributed by atoms with Crippen molar-refractivity contribution < 1.29 is 70.9 Å². The molecule has 9 rings (SSSR count). The molecule has 7 aromatic carbocycles. The standard InChI is InChI=1S/C87H107N13O15S/c1-53-54(2)75(55(3)65-51-86(9,10)115-74(53)65)116(112,113)99-84(89)90-46-26-38-67(78(105)97-70(83(110)111)50-59-30-18-12-19-31-59)95-79(106)68(44-45-72(101)98-87(61-32-20-13-21-33-61,62-34-22-14-23-35-62)63-36-24-15-25-37-63)96-81(108)71-39-27-47-100(71)82(109)57(5)93-80(107)69(49-58-28-16-11-17-29-58)94-73(102)52-91-76(103)56(4)92-77(104)66(88)48-60-40-42-64(43-41-60)114-85(6,7)8/h11-25,28-37,40-43,56-57,66-71H,26-27,38-39,44-52,88H2,1-10H3,(H,91,103)(H,92,104)(H,93,107)(H,94,102)(H,95,106)(H,96,108)(H,97,105)(H,98,101)(H,110,111)(H3,89,90,99)/t56-,57-,66+,67+,68+,69+,70+,71+/m1/s1. The highest BCUT2D eigenvalue weighted by Crippen LogP contribution is 2.44. The van der Waals surface area contributed by atoms with Gasteiger partial charge in [-0.3, -0.25) is 48.6 Å². The average Bonchev–Trinajstić information content (AvgIpc) is 1.08. The second kappa shape index (κ2) is 39.4. The Morgan fingerprint density at radius 1 is 0.586 bits per heavy atom. The zero-order chi connectivity index (χ0) is 84.2. The quantitative estimate of drug-likeness (QED) is 0.00903. The molecule has 0 aliphatic carbocycles. The van der Waals surface area contributed by atoms with E-state index < -0.39 is 160 Å². The molecule has 0 unspecified atom stereocenters. The molecule has 1 saturated heterocycles. The van der Waals surface area contributed by atoms with Gasteiger partial charge in [0.1, 0.15) is 70.5 Å². The van der Waals surface area contributed by atoms with Crippen molar-refractivity contribution in [3.8, 4) is 11.5 Å². The minimum Gasteiger partial charge on any atom is -0.488 e. The van der Waals surface area contributed by atoms with Crippen LogP contribution in [0.5, 0.6) is 11.5 Å². The average molecular weight is 1610 g/mol. The SMILES string of the molecule is Cc1c(C)c(S(=O)(=O)NC(=N)NCCC[C@H](NC(=O)[C@H](CCC(=O)NC(c2ccccc2)(c2ccccc2)c2ccccc2)NC(=O)[C@@H]2CCCN2C(=O)[C@@H](C)NC(=O)[C@H](Cc2ccccc2)NC(=O)CNC(=O)[C@@H](C)NC(=O)[C@@H](N)Cc2ccc(OC(C)(C)C)cc2)C(=O)N[C@@H](Cc2ccccc2)C(=O)O)c(C)c2c1OC(C)(C)C2. The van der Waals surface area contributed by atoms with E-state index >= 15 is 14.4 Å². The van der Waals surface area contributed by atoms with Crippen molar-refractivity contribution in [3.05, 3.63) is 232 Å². The molecule has 9 amide bonds. The van der Waals surface area contributed by atoms with Crippen LogP contribution in [-0.4, -0.2) is 163 Å². The number of hydrogen-bond acceptors (Lipinski definition) is 16. The number of likely N-dealkylation sites (tertiary alicyclic amines) is 1. The maximum atomic E-state index is 15.4. The minimum absolute atomic E-state index is 0.00578. The van der Waals surface area contributed by atoms with Crippen molar-refractivity contribution in [3.63, 3.8) is 0 Å². The minimum atomic E-state index is -4.38. The fraction of sp³-hybridized carbons (Fsp3) is 0.391. The van der Waals surface area contributed by atoms with E-state index in [-0.39, 0.29) is 62.9 Å². The molecule has 28 nitrogen and oxygen atoms in total. The van der Waals surface area contributed by atoms with Gasteiger partial charge in [0.15, 0.2) is 0 Å². The van der Waals surface area contributed by atoms with Gasteiger partial charge in [-0.15, -0.1) is 0 Å². The summed E-state index contributed by atoms with van der Waals surface area (Å²) in [6.07, 6.45) is -0.472. The summed E-state index contributed by atoms with van der Waals surface area (Å²) in [5.74, 6) is -7.78. The van der Waals surface area contributed by atoms with E-state index in [2.05, 4.69) is 52.6 Å². The van der Waals surface area contributed by atoms with E-state index in [0.717, 1.165) is 11.1 Å². The number of hydrogen-bond donors (Lipinski definition) is 13. The number of fused-ring (bicyclic) bond motifs is 1. The van der Waals surface area contributed by atoms with Gasteiger partial charge in [0.05, 0.1) is 17.5 Å². The lowest BCUT2D eigenvalue weighted by Gasteiger charge is -2.37. The van der Waals surface area contributed by atoms with Crippen molar-refractivity contribution in [1.82, 2.24) is 57.5 Å². The second-order valence-corrected chi connectivity index (χ2v) is 32.7. The van der Waals surface area contributed by atoms with Crippen LogP contribution < -0.4 is 67.8 Å². The molecule has 116 heavy (non-hydrogen) atoms. The van der Waals surface area contributed by atoms with E-state index in [4.69, 9.17) is 20.6 Å². The number of rotatable bonds is 36. The molecular weight excluding hydrogens is 1500 g/mol. The number of nitrogens with two attached hydrogens (primary N) is 1. The van der Waals surface area contributed by atoms with Crippen molar-refractivity contribution in [2.75, 3.05) is 19.6 Å². The van der Waals surface area contributed by atoms with Gasteiger partial charge in [0.2, 0.25) is 59.1 Å². The predicted molar refractivity (Wildman–Crippen MR) is 438 cm³/mol. The van der Waals surface area contributed by atoms with Crippen LogP contribution >= 0.6 is 0 Å². The van der Waals surface area contributed by atoms with Crippen LogP contribution in [0.4, 0.5) is 0 Å². The van der Waals surface area contributed by atoms with E-state index in [1.54, 1.807) is 106 Å². The van der Waals surface area contributed by atoms with Gasteiger partial charge < -0.3 is 73.1 Å². The Hall–Kier alpha value is -12.0. The fourth-order valence-electron chi connectivity index (χ4n) is 14.4. The Morgan fingerprint density at radius 2 is 1.09 bits per heavy atom. The van der Waals surface area contributed by atoms with E-state index in [1.807, 2.05) is 126 Å². The number of sulfonamides is 1. The first-order valence-electron chi connectivity index (χ1n) is 38.9. The topological polar surface area (TPSA) is 417 Å². The summed E-state index contributed by atoms with van der Waals surface area (Å²) in [4.78, 5) is 144. The van der Waals surface area contributed by atoms with Crippen molar-refractivity contribution in [2.24, 2.45) is 5.73 Å². The van der Waals surface area contributed by atoms with E-state index in [0.29, 0.717) is 62.4 Å². The van der Waals surface area contributed by atoms with Crippen LogP contribution in [0.25, 0.3) is 0 Å². The summed E-state index contributed by atoms with van der Waals surface area (Å²) >= 11 is 0. The Labute approximate surface area is 677 Å². The largest absolute Gasteiger partial charge is 0.488 e. The van der Waals surface area contributed by atoms with Crippen LogP contribution in [0.1, 0.15) is 143 Å². The summed E-state index contributed by atoms with van der Waals surface area (Å²) in [5, 5.41) is 43.8. The van der Waals surface area contributed by atoms with Gasteiger partial charge in [-0.25, -0.2) is 17.9 Å². The third-order valence-corrected chi connectivity index (χ3v) is 22.0. The first-order valence-corrected chi connectivity index (χ1v) is 40.4. The van der Waals surface area contributed by atoms with Crippen LogP contribution in [0.3, 0.4) is 0 Å². The summed E-state index contributed by atoms with van der Waals surface area (Å²) in [5.41, 5.74) is 10.2. The zero-order valence-electron chi connectivity index (χ0n) is 67.1. The maximum Gasteiger partial charge on any atom is 0.326 e. The molecule has 2 heterocycles. The van der Waals surface area contributed by atoms with E-state index in [1.165, 1.54) is 18.7 Å². The predicted octanol–water partition coefficient (Wildman–Crippen LogP) is 6.17. The zero-order valence-corrected chi connectivity index (χ0v) is 68.0. The van der Waals surface area contributed by atoms with Gasteiger partial charge in [-0.1, -0.05) is 164 Å². The van der Waals surface area contributed by atoms with E-state index in [9.17, 15) is 47.1 Å². The van der Waals surface area contributed by atoms with Crippen LogP contribution in [0, 0.1) is 26.2 Å². The second-order valence-electron chi connectivity index (χ2n) is 31.1. The highest BCUT2D eigenvalue weighted by atomic mass is 32.2. The molecule has 0 saturated carbocycles. The van der Waals surface area contributed by atoms with Crippen molar-refractivity contribution in [1.29, 1.82) is 5.41 Å². The summed E-state index contributed by atoms with van der Waals surface area (Å²) in [7, 11) is -4.38. The normalized spacial score (nSPS) is 15.5. The van der Waals surface area contributed by atoms with Gasteiger partial charge in [-0.05, 0) is 170 Å². The van der Waals surface area contributed by atoms with Gasteiger partial charge in [0.25, 0.3) is 10.0 Å². The summed E-state index contributed by atoms with van der Waals surface area (Å²) in [6, 6.07) is 41.2. The number of amides is 9. The molecule has 0 bridgehead atoms. The molecule has 1 fully saturated rings. The third kappa shape index (κ3) is 23.6. The maximum absolute atomic E-state index is 15.4. The highest BCUT2D eigenvalue weighted by Gasteiger charge is 2.43. The van der Waals surface area contributed by atoms with Gasteiger partial charge in [0, 0.05) is 44.3 Å². The van der Waals surface area contributed by atoms with Gasteiger partial charge in [-0.2, -0.15) is 0 Å². The number of nitrogens with one attached hydrogen (secondary N) is 11. The van der Waals surface area contributed by atoms with Crippen molar-refractivity contribution >= 4 is 75.1 Å². The number of carbonyl (C=O) groups is 10. The molecule has 616 valence electrons. The molecule has 2 aliphatic heterocycles. The lowest BCUT2D eigenvalue weighted by Crippen LogP contribution is -2.59. The molecule has 2 aliphatic rings. The molecule has 0 radical (unpaired) electrons. The Bertz CT molecular complexity index is 4690. The number of guanidine groups is 1. The summed E-state index contributed by atoms with van der Waals surface area (Å²) < 4.78 is 42.7. The number of carboxylic acid groups (broad SMARTS) is 1. The van der Waals surface area contributed by atoms with Crippen LogP contribution in [0.15, 0.2) is 181 Å². The van der Waals surface area contributed by atoms with Crippen LogP contribution in [0.2, 0.25) is 0 Å². The molecular formula is C87H107N13O15S. The fourth-order valence-corrected chi connectivity index (χ4v) is 16.0. The van der Waals surface area contributed by atoms with Crippen LogP contribution in [-0.2, 0) is 89.2 Å². The first kappa shape index (κ1) is 88.0. The molecule has 29 heteroatoms. The smallest absolute Gasteiger partial charge is 0.326 e. The number of carbonyl (C=O) groups excluding carboxylic acids is 9. The summed E-state index contributed by atoms with van der Waals surface area (Å²) in [6.45, 7) is 16.7.